The average Bonchev–Trinajstić information content (AvgIpc) is 2.90. The maximum atomic E-state index is 13.4. The molecule has 0 unspecified atom stereocenters. The Morgan fingerprint density at radius 3 is 2.36 bits per heavy atom. The van der Waals surface area contributed by atoms with Crippen molar-refractivity contribution in [1.29, 1.82) is 0 Å². The third-order valence-corrected chi connectivity index (χ3v) is 3.29. The molecule has 0 atom stereocenters. The van der Waals surface area contributed by atoms with Crippen molar-refractivity contribution in [3.05, 3.63) is 35.1 Å². The van der Waals surface area contributed by atoms with E-state index in [4.69, 9.17) is 0 Å². The van der Waals surface area contributed by atoms with Crippen LogP contribution < -0.4 is 0 Å². The van der Waals surface area contributed by atoms with Crippen LogP contribution in [0.15, 0.2) is 18.2 Å². The Bertz CT molecular complexity index is 353. The smallest absolute Gasteiger partial charge is 0.126 e. The van der Waals surface area contributed by atoms with E-state index >= 15 is 0 Å². The van der Waals surface area contributed by atoms with E-state index in [1.54, 1.807) is 13.0 Å². The van der Waals surface area contributed by atoms with Gasteiger partial charge in [-0.1, -0.05) is 12.1 Å². The van der Waals surface area contributed by atoms with E-state index in [9.17, 15) is 4.39 Å². The molecule has 1 fully saturated rings. The Kier molecular flexibility index (Phi) is 2.11. The van der Waals surface area contributed by atoms with Crippen molar-refractivity contribution >= 4 is 0 Å². The van der Waals surface area contributed by atoms with Crippen LogP contribution in [0.25, 0.3) is 0 Å². The van der Waals surface area contributed by atoms with E-state index < -0.39 is 0 Å². The highest BCUT2D eigenvalue weighted by Gasteiger charge is 2.46. The average molecular weight is 193 g/mol. The molecular weight excluding hydrogens is 177 g/mol. The van der Waals surface area contributed by atoms with Gasteiger partial charge in [0.1, 0.15) is 5.82 Å². The van der Waals surface area contributed by atoms with E-state index in [2.05, 4.69) is 19.0 Å². The number of benzene rings is 1. The zero-order valence-corrected chi connectivity index (χ0v) is 8.97. The molecule has 0 radical (unpaired) electrons. The van der Waals surface area contributed by atoms with Gasteiger partial charge in [0, 0.05) is 5.54 Å². The van der Waals surface area contributed by atoms with Crippen molar-refractivity contribution in [2.24, 2.45) is 0 Å². The van der Waals surface area contributed by atoms with E-state index in [-0.39, 0.29) is 11.4 Å². The molecule has 1 aromatic carbocycles. The quantitative estimate of drug-likeness (QED) is 0.698. The zero-order valence-electron chi connectivity index (χ0n) is 8.97. The summed E-state index contributed by atoms with van der Waals surface area (Å²) in [6.45, 7) is 1.80. The van der Waals surface area contributed by atoms with Crippen molar-refractivity contribution < 1.29 is 4.39 Å². The summed E-state index contributed by atoms with van der Waals surface area (Å²) in [4.78, 5) is 2.19. The zero-order chi connectivity index (χ0) is 10.3. The molecule has 1 aliphatic carbocycles. The lowest BCUT2D eigenvalue weighted by Gasteiger charge is -2.24. The summed E-state index contributed by atoms with van der Waals surface area (Å²) in [7, 11) is 4.12. The first-order valence-corrected chi connectivity index (χ1v) is 5.00. The number of hydrogen-bond acceptors (Lipinski definition) is 1. The van der Waals surface area contributed by atoms with Gasteiger partial charge in [-0.3, -0.25) is 4.90 Å². The van der Waals surface area contributed by atoms with Gasteiger partial charge in [-0.2, -0.15) is 0 Å². The fraction of sp³-hybridized carbons (Fsp3) is 0.500. The van der Waals surface area contributed by atoms with Gasteiger partial charge < -0.3 is 0 Å². The van der Waals surface area contributed by atoms with Crippen LogP contribution in [0.1, 0.15) is 24.0 Å². The maximum Gasteiger partial charge on any atom is 0.126 e. The molecule has 0 bridgehead atoms. The van der Waals surface area contributed by atoms with Crippen LogP contribution in [-0.2, 0) is 5.54 Å². The van der Waals surface area contributed by atoms with Crippen molar-refractivity contribution in [3.8, 4) is 0 Å². The third kappa shape index (κ3) is 1.34. The Morgan fingerprint density at radius 1 is 1.29 bits per heavy atom. The molecule has 14 heavy (non-hydrogen) atoms. The van der Waals surface area contributed by atoms with Gasteiger partial charge in [0.05, 0.1) is 0 Å². The van der Waals surface area contributed by atoms with E-state index in [1.165, 1.54) is 0 Å². The molecule has 0 spiro atoms. The molecule has 0 amide bonds. The Balaban J connectivity index is 2.38. The molecule has 1 saturated carbocycles. The highest BCUT2D eigenvalue weighted by Crippen LogP contribution is 2.49. The molecule has 1 aliphatic rings. The first-order valence-electron chi connectivity index (χ1n) is 5.00. The summed E-state index contributed by atoms with van der Waals surface area (Å²) in [5.41, 5.74) is 1.96. The number of aryl methyl sites for hydroxylation is 1. The molecule has 0 aliphatic heterocycles. The second kappa shape index (κ2) is 3.06. The molecule has 2 heteroatoms. The first kappa shape index (κ1) is 9.66. The van der Waals surface area contributed by atoms with E-state index in [0.29, 0.717) is 0 Å². The van der Waals surface area contributed by atoms with Crippen LogP contribution in [0.2, 0.25) is 0 Å². The minimum absolute atomic E-state index is 0.0874. The van der Waals surface area contributed by atoms with Crippen molar-refractivity contribution in [2.75, 3.05) is 14.1 Å². The lowest BCUT2D eigenvalue weighted by Crippen LogP contribution is -2.27. The molecule has 76 valence electrons. The Labute approximate surface area is 84.5 Å². The van der Waals surface area contributed by atoms with Gasteiger partial charge in [0.25, 0.3) is 0 Å². The van der Waals surface area contributed by atoms with Gasteiger partial charge in [-0.15, -0.1) is 0 Å². The second-order valence-electron chi connectivity index (χ2n) is 4.39. The standard InChI is InChI=1S/C12H16FN/c1-9-4-5-10(8-11(9)13)12(6-7-12)14(2)3/h4-5,8H,6-7H2,1-3H3. The molecule has 0 aromatic heterocycles. The minimum atomic E-state index is -0.0874. The summed E-state index contributed by atoms with van der Waals surface area (Å²) < 4.78 is 13.4. The molecular formula is C12H16FN. The first-order chi connectivity index (χ1) is 6.56. The summed E-state index contributed by atoms with van der Waals surface area (Å²) in [5, 5.41) is 0. The molecule has 0 saturated heterocycles. The topological polar surface area (TPSA) is 3.24 Å². The van der Waals surface area contributed by atoms with Crippen LogP contribution in [-0.4, -0.2) is 19.0 Å². The number of halogens is 1. The van der Waals surface area contributed by atoms with Crippen molar-refractivity contribution in [3.63, 3.8) is 0 Å². The highest BCUT2D eigenvalue weighted by molar-refractivity contribution is 5.33. The summed E-state index contributed by atoms with van der Waals surface area (Å²) in [6.07, 6.45) is 2.28. The Hall–Kier alpha value is -0.890. The number of hydrogen-bond donors (Lipinski definition) is 0. The van der Waals surface area contributed by atoms with E-state index in [1.807, 2.05) is 12.1 Å². The normalized spacial score (nSPS) is 18.6. The SMILES string of the molecule is Cc1ccc(C2(N(C)C)CC2)cc1F. The fourth-order valence-electron chi connectivity index (χ4n) is 1.99. The summed E-state index contributed by atoms with van der Waals surface area (Å²) in [6, 6.07) is 5.60. The van der Waals surface area contributed by atoms with Crippen LogP contribution in [0.5, 0.6) is 0 Å². The number of rotatable bonds is 2. The molecule has 1 aromatic rings. The third-order valence-electron chi connectivity index (χ3n) is 3.29. The van der Waals surface area contributed by atoms with Gasteiger partial charge in [0.15, 0.2) is 0 Å². The summed E-state index contributed by atoms with van der Waals surface area (Å²) in [5.74, 6) is -0.0874. The molecule has 0 heterocycles. The summed E-state index contributed by atoms with van der Waals surface area (Å²) >= 11 is 0. The van der Waals surface area contributed by atoms with Crippen molar-refractivity contribution in [2.45, 2.75) is 25.3 Å². The minimum Gasteiger partial charge on any atom is -0.300 e. The monoisotopic (exact) mass is 193 g/mol. The number of nitrogens with zero attached hydrogens (tertiary/aromatic N) is 1. The van der Waals surface area contributed by atoms with Gasteiger partial charge in [0.2, 0.25) is 0 Å². The Morgan fingerprint density at radius 2 is 1.93 bits per heavy atom. The van der Waals surface area contributed by atoms with E-state index in [0.717, 1.165) is 24.0 Å². The van der Waals surface area contributed by atoms with Crippen LogP contribution in [0.4, 0.5) is 4.39 Å². The van der Waals surface area contributed by atoms with Gasteiger partial charge in [-0.05, 0) is 51.1 Å². The molecule has 2 rings (SSSR count). The largest absolute Gasteiger partial charge is 0.300 e. The second-order valence-corrected chi connectivity index (χ2v) is 4.39. The lowest BCUT2D eigenvalue weighted by molar-refractivity contribution is 0.275. The van der Waals surface area contributed by atoms with Crippen molar-refractivity contribution in [1.82, 2.24) is 4.90 Å². The highest BCUT2D eigenvalue weighted by atomic mass is 19.1. The fourth-order valence-corrected chi connectivity index (χ4v) is 1.99. The van der Waals surface area contributed by atoms with Crippen LogP contribution in [0, 0.1) is 12.7 Å². The lowest BCUT2D eigenvalue weighted by atomic mass is 10.0. The van der Waals surface area contributed by atoms with Gasteiger partial charge in [-0.25, -0.2) is 4.39 Å². The maximum absolute atomic E-state index is 13.4. The molecule has 1 nitrogen and oxygen atoms in total. The van der Waals surface area contributed by atoms with Crippen LogP contribution >= 0.6 is 0 Å². The van der Waals surface area contributed by atoms with Gasteiger partial charge >= 0.3 is 0 Å². The predicted molar refractivity (Wildman–Crippen MR) is 55.7 cm³/mol. The van der Waals surface area contributed by atoms with Crippen LogP contribution in [0.3, 0.4) is 0 Å². The molecule has 0 N–H and O–H groups in total. The predicted octanol–water partition coefficient (Wildman–Crippen LogP) is 2.68.